The molecule has 0 unspecified atom stereocenters. The zero-order valence-electron chi connectivity index (χ0n) is 14.6. The highest BCUT2D eigenvalue weighted by molar-refractivity contribution is 5.91. The molecule has 2 fully saturated rings. The van der Waals surface area contributed by atoms with Gasteiger partial charge in [-0.2, -0.15) is 0 Å². The van der Waals surface area contributed by atoms with Crippen LogP contribution < -0.4 is 0 Å². The van der Waals surface area contributed by atoms with Crippen LogP contribution in [-0.2, 0) is 25.7 Å². The van der Waals surface area contributed by atoms with Gasteiger partial charge in [-0.05, 0) is 18.9 Å². The Balaban J connectivity index is 1.52. The highest BCUT2D eigenvalue weighted by Gasteiger charge is 2.67. The van der Waals surface area contributed by atoms with Gasteiger partial charge >= 0.3 is 5.97 Å². The highest BCUT2D eigenvalue weighted by atomic mass is 16.6. The van der Waals surface area contributed by atoms with Gasteiger partial charge in [0.15, 0.2) is 0 Å². The molecule has 1 aromatic carbocycles. The van der Waals surface area contributed by atoms with Crippen molar-refractivity contribution in [3.05, 3.63) is 48.0 Å². The first kappa shape index (κ1) is 16.3. The number of fused-ring (bicyclic) bond motifs is 1. The number of ether oxygens (including phenoxy) is 2. The number of carbonyl (C=O) groups excluding carboxylic acids is 2. The second-order valence-electron chi connectivity index (χ2n) is 7.22. The topological polar surface area (TPSA) is 55.8 Å². The average Bonchev–Trinajstić information content (AvgIpc) is 3.28. The molecule has 1 spiro atoms. The number of amides is 1. The second-order valence-corrected chi connectivity index (χ2v) is 7.22. The molecule has 0 saturated carbocycles. The van der Waals surface area contributed by atoms with Crippen LogP contribution in [0, 0.1) is 11.8 Å². The second kappa shape index (κ2) is 5.99. The van der Waals surface area contributed by atoms with Gasteiger partial charge in [-0.25, -0.2) is 0 Å². The maximum Gasteiger partial charge on any atom is 0.313 e. The van der Waals surface area contributed by atoms with Crippen LogP contribution in [0.25, 0.3) is 0 Å². The molecule has 5 heteroatoms. The Labute approximate surface area is 147 Å². The van der Waals surface area contributed by atoms with E-state index in [1.54, 1.807) is 0 Å². The van der Waals surface area contributed by atoms with Crippen LogP contribution in [0.5, 0.6) is 0 Å². The van der Waals surface area contributed by atoms with Gasteiger partial charge in [-0.1, -0.05) is 49.4 Å². The van der Waals surface area contributed by atoms with Crippen LogP contribution >= 0.6 is 0 Å². The maximum atomic E-state index is 13.0. The molecule has 0 radical (unpaired) electrons. The van der Waals surface area contributed by atoms with E-state index in [1.165, 1.54) is 0 Å². The molecule has 1 aromatic rings. The minimum Gasteiger partial charge on any atom is -0.460 e. The highest BCUT2D eigenvalue weighted by Crippen LogP contribution is 2.52. The molecule has 3 heterocycles. The van der Waals surface area contributed by atoms with Gasteiger partial charge in [-0.15, -0.1) is 0 Å². The minimum atomic E-state index is -0.651. The summed E-state index contributed by atoms with van der Waals surface area (Å²) in [6.45, 7) is 4.84. The lowest BCUT2D eigenvalue weighted by Crippen LogP contribution is -2.41. The third-order valence-electron chi connectivity index (χ3n) is 5.75. The first-order valence-electron chi connectivity index (χ1n) is 8.94. The lowest BCUT2D eigenvalue weighted by atomic mass is 9.77. The number of nitrogens with zero attached hydrogens (tertiary/aromatic N) is 1. The van der Waals surface area contributed by atoms with Crippen molar-refractivity contribution in [1.82, 2.24) is 4.90 Å². The van der Waals surface area contributed by atoms with Gasteiger partial charge in [0.05, 0.1) is 18.6 Å². The van der Waals surface area contributed by atoms with Gasteiger partial charge in [0.2, 0.25) is 5.91 Å². The van der Waals surface area contributed by atoms with E-state index in [-0.39, 0.29) is 30.6 Å². The van der Waals surface area contributed by atoms with Crippen molar-refractivity contribution >= 4 is 11.9 Å². The Bertz CT molecular complexity index is 716. The van der Waals surface area contributed by atoms with Crippen LogP contribution in [0.2, 0.25) is 0 Å². The summed E-state index contributed by atoms with van der Waals surface area (Å²) in [6.07, 6.45) is 4.42. The Morgan fingerprint density at radius 1 is 1.40 bits per heavy atom. The van der Waals surface area contributed by atoms with Crippen molar-refractivity contribution in [2.75, 3.05) is 6.54 Å². The Morgan fingerprint density at radius 2 is 2.16 bits per heavy atom. The summed E-state index contributed by atoms with van der Waals surface area (Å²) in [5.74, 6) is -1.33. The van der Waals surface area contributed by atoms with Crippen molar-refractivity contribution in [3.63, 3.8) is 0 Å². The number of likely N-dealkylation sites (tertiary alicyclic amines) is 1. The lowest BCUT2D eigenvalue weighted by molar-refractivity contribution is -0.155. The summed E-state index contributed by atoms with van der Waals surface area (Å²) in [6, 6.07) is 9.71. The molecule has 2 bridgehead atoms. The zero-order valence-corrected chi connectivity index (χ0v) is 14.6. The molecule has 0 aliphatic carbocycles. The van der Waals surface area contributed by atoms with Crippen LogP contribution in [0.4, 0.5) is 0 Å². The molecular formula is C20H23NO4. The maximum absolute atomic E-state index is 13.0. The number of rotatable bonds is 5. The van der Waals surface area contributed by atoms with Crippen molar-refractivity contribution < 1.29 is 19.1 Å². The summed E-state index contributed by atoms with van der Waals surface area (Å²) < 4.78 is 11.6. The molecule has 5 atom stereocenters. The van der Waals surface area contributed by atoms with E-state index in [4.69, 9.17) is 9.47 Å². The van der Waals surface area contributed by atoms with Gasteiger partial charge in [0.1, 0.15) is 18.1 Å². The smallest absolute Gasteiger partial charge is 0.313 e. The van der Waals surface area contributed by atoms with Gasteiger partial charge in [0, 0.05) is 6.04 Å². The quantitative estimate of drug-likeness (QED) is 0.609. The third kappa shape index (κ3) is 2.49. The molecule has 0 aromatic heterocycles. The molecule has 0 N–H and O–H groups in total. The molecule has 5 nitrogen and oxygen atoms in total. The van der Waals surface area contributed by atoms with Crippen LogP contribution in [-0.4, -0.2) is 41.1 Å². The number of benzene rings is 1. The summed E-state index contributed by atoms with van der Waals surface area (Å²) in [5, 5.41) is 0. The van der Waals surface area contributed by atoms with E-state index < -0.39 is 17.4 Å². The van der Waals surface area contributed by atoms with E-state index in [0.29, 0.717) is 6.54 Å². The molecule has 2 saturated heterocycles. The Hall–Kier alpha value is -2.14. The normalized spacial score (nSPS) is 33.6. The Morgan fingerprint density at radius 3 is 2.88 bits per heavy atom. The standard InChI is InChI=1S/C20H23NO4/c1-3-13(2)21-12-20-10-9-15(25-20)16(17(20)18(21)22)19(23)24-11-14-7-5-4-6-8-14/h4-10,13,15-17H,3,11-12H2,1-2H3/t13-,15-,16-,17+,20+/m0/s1. The number of carbonyl (C=O) groups is 2. The van der Waals surface area contributed by atoms with Gasteiger partial charge < -0.3 is 14.4 Å². The van der Waals surface area contributed by atoms with Crippen molar-refractivity contribution in [1.29, 1.82) is 0 Å². The van der Waals surface area contributed by atoms with Crippen LogP contribution in [0.3, 0.4) is 0 Å². The fraction of sp³-hybridized carbons (Fsp3) is 0.500. The van der Waals surface area contributed by atoms with Gasteiger partial charge in [-0.3, -0.25) is 9.59 Å². The summed E-state index contributed by atoms with van der Waals surface area (Å²) in [4.78, 5) is 27.6. The van der Waals surface area contributed by atoms with Crippen LogP contribution in [0.15, 0.2) is 42.5 Å². The number of esters is 1. The molecule has 25 heavy (non-hydrogen) atoms. The predicted octanol–water partition coefficient (Wildman–Crippen LogP) is 2.31. The van der Waals surface area contributed by atoms with E-state index in [2.05, 4.69) is 6.92 Å². The number of hydrogen-bond acceptors (Lipinski definition) is 4. The first-order valence-corrected chi connectivity index (χ1v) is 8.94. The minimum absolute atomic E-state index is 0.0165. The first-order chi connectivity index (χ1) is 12.1. The summed E-state index contributed by atoms with van der Waals surface area (Å²) in [5.41, 5.74) is 0.283. The van der Waals surface area contributed by atoms with Crippen molar-refractivity contribution in [2.24, 2.45) is 11.8 Å². The molecule has 132 valence electrons. The molecule has 4 rings (SSSR count). The summed E-state index contributed by atoms with van der Waals surface area (Å²) >= 11 is 0. The van der Waals surface area contributed by atoms with E-state index >= 15 is 0 Å². The largest absolute Gasteiger partial charge is 0.460 e. The molecule has 1 amide bonds. The monoisotopic (exact) mass is 341 g/mol. The van der Waals surface area contributed by atoms with E-state index in [0.717, 1.165) is 12.0 Å². The molecule has 3 aliphatic rings. The van der Waals surface area contributed by atoms with Gasteiger partial charge in [0.25, 0.3) is 0 Å². The van der Waals surface area contributed by atoms with Crippen LogP contribution in [0.1, 0.15) is 25.8 Å². The number of hydrogen-bond donors (Lipinski definition) is 0. The fourth-order valence-electron chi connectivity index (χ4n) is 4.22. The lowest BCUT2D eigenvalue weighted by Gasteiger charge is -2.26. The van der Waals surface area contributed by atoms with E-state index in [1.807, 2.05) is 54.3 Å². The van der Waals surface area contributed by atoms with Crippen molar-refractivity contribution in [3.8, 4) is 0 Å². The van der Waals surface area contributed by atoms with Crippen molar-refractivity contribution in [2.45, 2.75) is 44.6 Å². The SMILES string of the molecule is CC[C@H](C)N1C[C@@]23C=C[C@H](O2)[C@H](C(=O)OCc2ccccc2)[C@@H]3C1=O. The molecule has 3 aliphatic heterocycles. The fourth-order valence-corrected chi connectivity index (χ4v) is 4.22. The molecular weight excluding hydrogens is 318 g/mol. The zero-order chi connectivity index (χ0) is 17.6. The Kier molecular flexibility index (Phi) is 3.91. The predicted molar refractivity (Wildman–Crippen MR) is 91.4 cm³/mol. The van der Waals surface area contributed by atoms with E-state index in [9.17, 15) is 9.59 Å². The summed E-state index contributed by atoms with van der Waals surface area (Å²) in [7, 11) is 0. The third-order valence-corrected chi connectivity index (χ3v) is 5.75. The average molecular weight is 341 g/mol.